The van der Waals surface area contributed by atoms with Crippen LogP contribution in [0.15, 0.2) is 42.5 Å². The van der Waals surface area contributed by atoms with Crippen molar-refractivity contribution in [2.75, 3.05) is 5.32 Å². The van der Waals surface area contributed by atoms with E-state index in [0.717, 1.165) is 9.64 Å². The molecule has 0 aromatic heterocycles. The highest BCUT2D eigenvalue weighted by Gasteiger charge is 2.13. The van der Waals surface area contributed by atoms with Crippen LogP contribution in [-0.2, 0) is 0 Å². The number of carbonyl (C=O) groups excluding carboxylic acids is 1. The van der Waals surface area contributed by atoms with E-state index in [1.165, 1.54) is 12.1 Å². The van der Waals surface area contributed by atoms with Crippen LogP contribution < -0.4 is 5.32 Å². The van der Waals surface area contributed by atoms with Gasteiger partial charge in [-0.2, -0.15) is 5.26 Å². The fraction of sp³-hybridized carbons (Fsp3) is 0. The van der Waals surface area contributed by atoms with Crippen LogP contribution in [0.2, 0.25) is 0 Å². The number of nitrogens with one attached hydrogen (secondary N) is 1. The lowest BCUT2D eigenvalue weighted by atomic mass is 10.1. The highest BCUT2D eigenvalue weighted by atomic mass is 127. The van der Waals surface area contributed by atoms with Crippen molar-refractivity contribution in [2.45, 2.75) is 0 Å². The van der Waals surface area contributed by atoms with E-state index in [1.54, 1.807) is 24.3 Å². The zero-order chi connectivity index (χ0) is 15.4. The number of nitrogens with zero attached hydrogens (tertiary/aromatic N) is 2. The van der Waals surface area contributed by atoms with Gasteiger partial charge in [0, 0.05) is 21.3 Å². The molecule has 0 unspecified atom stereocenters. The zero-order valence-electron chi connectivity index (χ0n) is 10.5. The second kappa shape index (κ2) is 6.32. The summed E-state index contributed by atoms with van der Waals surface area (Å²) in [6.45, 7) is 0. The summed E-state index contributed by atoms with van der Waals surface area (Å²) in [5, 5.41) is 22.3. The smallest absolute Gasteiger partial charge is 0.270 e. The number of hydrogen-bond acceptors (Lipinski definition) is 4. The molecule has 104 valence electrons. The van der Waals surface area contributed by atoms with Crippen LogP contribution in [0.1, 0.15) is 15.9 Å². The van der Waals surface area contributed by atoms with Gasteiger partial charge in [-0.05, 0) is 52.9 Å². The Hall–Kier alpha value is -2.47. The van der Waals surface area contributed by atoms with Crippen molar-refractivity contribution in [3.63, 3.8) is 0 Å². The maximum Gasteiger partial charge on any atom is 0.270 e. The summed E-state index contributed by atoms with van der Waals surface area (Å²) in [7, 11) is 0. The Balaban J connectivity index is 2.27. The first-order valence-electron chi connectivity index (χ1n) is 5.76. The highest BCUT2D eigenvalue weighted by Crippen LogP contribution is 2.22. The molecule has 0 radical (unpaired) electrons. The van der Waals surface area contributed by atoms with E-state index < -0.39 is 4.92 Å². The standard InChI is InChI=1S/C14H8IN3O3/c15-11-3-1-9(2-4-11)14(19)17-13-6-5-12(18(20)21)7-10(13)8-16/h1-7H,(H,17,19). The molecule has 2 aromatic carbocycles. The molecule has 1 amide bonds. The van der Waals surface area contributed by atoms with E-state index in [9.17, 15) is 14.9 Å². The minimum absolute atomic E-state index is 0.0445. The van der Waals surface area contributed by atoms with Crippen LogP contribution >= 0.6 is 22.6 Å². The van der Waals surface area contributed by atoms with Gasteiger partial charge in [-0.25, -0.2) is 0 Å². The van der Waals surface area contributed by atoms with Crippen LogP contribution in [0.5, 0.6) is 0 Å². The van der Waals surface area contributed by atoms with E-state index in [0.29, 0.717) is 5.56 Å². The number of nitro groups is 1. The summed E-state index contributed by atoms with van der Waals surface area (Å²) in [6, 6.07) is 12.5. The number of carbonyl (C=O) groups is 1. The van der Waals surface area contributed by atoms with E-state index in [-0.39, 0.29) is 22.8 Å². The molecule has 7 heteroatoms. The van der Waals surface area contributed by atoms with Crippen molar-refractivity contribution in [3.8, 4) is 6.07 Å². The van der Waals surface area contributed by atoms with Gasteiger partial charge in [0.05, 0.1) is 16.2 Å². The Morgan fingerprint density at radius 3 is 2.48 bits per heavy atom. The number of amides is 1. The predicted octanol–water partition coefficient (Wildman–Crippen LogP) is 3.32. The maximum atomic E-state index is 12.1. The van der Waals surface area contributed by atoms with Crippen molar-refractivity contribution in [2.24, 2.45) is 0 Å². The SMILES string of the molecule is N#Cc1cc([N+](=O)[O-])ccc1NC(=O)c1ccc(I)cc1. The van der Waals surface area contributed by atoms with Crippen LogP contribution in [0.4, 0.5) is 11.4 Å². The quantitative estimate of drug-likeness (QED) is 0.492. The highest BCUT2D eigenvalue weighted by molar-refractivity contribution is 14.1. The largest absolute Gasteiger partial charge is 0.321 e. The van der Waals surface area contributed by atoms with Gasteiger partial charge in [0.15, 0.2) is 0 Å². The van der Waals surface area contributed by atoms with Crippen LogP contribution in [0.25, 0.3) is 0 Å². The number of nitriles is 1. The minimum atomic E-state index is -0.592. The summed E-state index contributed by atoms with van der Waals surface area (Å²) in [4.78, 5) is 22.1. The Morgan fingerprint density at radius 1 is 1.24 bits per heavy atom. The molecule has 0 heterocycles. The first-order valence-corrected chi connectivity index (χ1v) is 6.84. The monoisotopic (exact) mass is 393 g/mol. The van der Waals surface area contributed by atoms with Crippen molar-refractivity contribution in [1.82, 2.24) is 0 Å². The predicted molar refractivity (Wildman–Crippen MR) is 84.9 cm³/mol. The van der Waals surface area contributed by atoms with Gasteiger partial charge in [-0.1, -0.05) is 0 Å². The molecule has 21 heavy (non-hydrogen) atoms. The molecule has 0 fully saturated rings. The molecule has 0 aliphatic rings. The number of anilines is 1. The van der Waals surface area contributed by atoms with Gasteiger partial charge in [0.1, 0.15) is 6.07 Å². The van der Waals surface area contributed by atoms with E-state index in [4.69, 9.17) is 5.26 Å². The maximum absolute atomic E-state index is 12.1. The van der Waals surface area contributed by atoms with Crippen molar-refractivity contribution in [3.05, 3.63) is 67.3 Å². The lowest BCUT2D eigenvalue weighted by Crippen LogP contribution is -2.12. The van der Waals surface area contributed by atoms with Crippen LogP contribution in [0, 0.1) is 25.0 Å². The van der Waals surface area contributed by atoms with Gasteiger partial charge in [-0.3, -0.25) is 14.9 Å². The Labute approximate surface area is 133 Å². The molecule has 1 N–H and O–H groups in total. The van der Waals surface area contributed by atoms with Gasteiger partial charge in [-0.15, -0.1) is 0 Å². The van der Waals surface area contributed by atoms with E-state index in [1.807, 2.05) is 6.07 Å². The van der Waals surface area contributed by atoms with Gasteiger partial charge in [0.2, 0.25) is 0 Å². The summed E-state index contributed by atoms with van der Waals surface area (Å²) in [5.41, 5.74) is 0.534. The summed E-state index contributed by atoms with van der Waals surface area (Å²) in [5.74, 6) is -0.378. The molecular weight excluding hydrogens is 385 g/mol. The first kappa shape index (κ1) is 14.9. The fourth-order valence-electron chi connectivity index (χ4n) is 1.64. The normalized spacial score (nSPS) is 9.71. The number of halogens is 1. The van der Waals surface area contributed by atoms with Gasteiger partial charge < -0.3 is 5.32 Å². The number of benzene rings is 2. The number of non-ortho nitro benzene ring substituents is 1. The fourth-order valence-corrected chi connectivity index (χ4v) is 2.00. The molecule has 0 saturated carbocycles. The van der Waals surface area contributed by atoms with Gasteiger partial charge >= 0.3 is 0 Å². The van der Waals surface area contributed by atoms with Crippen molar-refractivity contribution >= 4 is 39.9 Å². The zero-order valence-corrected chi connectivity index (χ0v) is 12.7. The molecule has 2 aromatic rings. The number of rotatable bonds is 3. The van der Waals surface area contributed by atoms with Crippen molar-refractivity contribution < 1.29 is 9.72 Å². The Bertz CT molecular complexity index is 751. The third kappa shape index (κ3) is 3.55. The molecule has 0 aliphatic heterocycles. The molecule has 2 rings (SSSR count). The molecule has 0 aliphatic carbocycles. The molecule has 0 spiro atoms. The Morgan fingerprint density at radius 2 is 1.90 bits per heavy atom. The lowest BCUT2D eigenvalue weighted by molar-refractivity contribution is -0.384. The van der Waals surface area contributed by atoms with Crippen LogP contribution in [0.3, 0.4) is 0 Å². The summed E-state index contributed by atoms with van der Waals surface area (Å²) >= 11 is 2.13. The number of nitro benzene ring substituents is 1. The van der Waals surface area contributed by atoms with Crippen molar-refractivity contribution in [1.29, 1.82) is 5.26 Å². The lowest BCUT2D eigenvalue weighted by Gasteiger charge is -2.07. The van der Waals surface area contributed by atoms with E-state index in [2.05, 4.69) is 27.9 Å². The summed E-state index contributed by atoms with van der Waals surface area (Å²) in [6.07, 6.45) is 0. The van der Waals surface area contributed by atoms with Crippen LogP contribution in [-0.4, -0.2) is 10.8 Å². The third-order valence-corrected chi connectivity index (χ3v) is 3.41. The number of hydrogen-bond donors (Lipinski definition) is 1. The summed E-state index contributed by atoms with van der Waals surface area (Å²) < 4.78 is 0.997. The topological polar surface area (TPSA) is 96.0 Å². The molecule has 0 saturated heterocycles. The minimum Gasteiger partial charge on any atom is -0.321 e. The average Bonchev–Trinajstić information content (AvgIpc) is 2.48. The second-order valence-electron chi connectivity index (χ2n) is 4.06. The molecule has 6 nitrogen and oxygen atoms in total. The molecular formula is C14H8IN3O3. The Kier molecular flexibility index (Phi) is 4.49. The van der Waals surface area contributed by atoms with Gasteiger partial charge in [0.25, 0.3) is 11.6 Å². The molecule has 0 bridgehead atoms. The average molecular weight is 393 g/mol. The first-order chi connectivity index (χ1) is 10.0. The second-order valence-corrected chi connectivity index (χ2v) is 5.31. The molecule has 0 atom stereocenters. The van der Waals surface area contributed by atoms with E-state index >= 15 is 0 Å². The third-order valence-electron chi connectivity index (χ3n) is 2.69.